The summed E-state index contributed by atoms with van der Waals surface area (Å²) in [6, 6.07) is 6.68. The van der Waals surface area contributed by atoms with Gasteiger partial charge in [0.15, 0.2) is 0 Å². The van der Waals surface area contributed by atoms with Crippen molar-refractivity contribution in [2.45, 2.75) is 49.7 Å². The molecule has 5 nitrogen and oxygen atoms in total. The van der Waals surface area contributed by atoms with Gasteiger partial charge in [0.25, 0.3) is 0 Å². The minimum atomic E-state index is -0.745. The van der Waals surface area contributed by atoms with Gasteiger partial charge in [-0.05, 0) is 70.3 Å². The Morgan fingerprint density at radius 3 is 2.62 bits per heavy atom. The molecule has 0 radical (unpaired) electrons. The first kappa shape index (κ1) is 19.1. The molecular formula is C20H30FN3O2. The highest BCUT2D eigenvalue weighted by Gasteiger charge is 2.40. The van der Waals surface area contributed by atoms with Crippen molar-refractivity contribution in [3.05, 3.63) is 35.6 Å². The largest absolute Gasteiger partial charge is 0.388 e. The van der Waals surface area contributed by atoms with Crippen molar-refractivity contribution >= 4 is 6.03 Å². The van der Waals surface area contributed by atoms with Gasteiger partial charge in [0.05, 0.1) is 12.1 Å². The van der Waals surface area contributed by atoms with Gasteiger partial charge in [0, 0.05) is 18.6 Å². The van der Waals surface area contributed by atoms with E-state index < -0.39 is 5.60 Å². The van der Waals surface area contributed by atoms with Gasteiger partial charge in [0.2, 0.25) is 0 Å². The molecule has 2 aliphatic rings. The topological polar surface area (TPSA) is 55.8 Å². The van der Waals surface area contributed by atoms with E-state index in [2.05, 4.69) is 10.2 Å². The van der Waals surface area contributed by atoms with E-state index >= 15 is 0 Å². The van der Waals surface area contributed by atoms with Crippen molar-refractivity contribution in [3.8, 4) is 0 Å². The zero-order valence-electron chi connectivity index (χ0n) is 15.8. The van der Waals surface area contributed by atoms with Gasteiger partial charge in [-0.25, -0.2) is 9.18 Å². The van der Waals surface area contributed by atoms with Crippen LogP contribution >= 0.6 is 0 Å². The van der Waals surface area contributed by atoms with Gasteiger partial charge in [-0.2, -0.15) is 0 Å². The van der Waals surface area contributed by atoms with Gasteiger partial charge in [-0.1, -0.05) is 12.1 Å². The fourth-order valence-electron chi connectivity index (χ4n) is 4.26. The van der Waals surface area contributed by atoms with Crippen LogP contribution in [0.15, 0.2) is 24.3 Å². The number of carbonyl (C=O) groups is 1. The van der Waals surface area contributed by atoms with E-state index in [9.17, 15) is 14.3 Å². The van der Waals surface area contributed by atoms with Crippen molar-refractivity contribution in [1.82, 2.24) is 15.1 Å². The fourth-order valence-corrected chi connectivity index (χ4v) is 4.26. The summed E-state index contributed by atoms with van der Waals surface area (Å²) in [7, 11) is 4.03. The molecule has 26 heavy (non-hydrogen) atoms. The fraction of sp³-hybridized carbons (Fsp3) is 0.650. The molecule has 6 heteroatoms. The lowest BCUT2D eigenvalue weighted by atomic mass is 9.79. The van der Waals surface area contributed by atoms with Crippen LogP contribution in [0.2, 0.25) is 0 Å². The molecule has 1 aromatic carbocycles. The Hall–Kier alpha value is -1.66. The summed E-state index contributed by atoms with van der Waals surface area (Å²) in [5.74, 6) is -0.238. The second-order valence-corrected chi connectivity index (χ2v) is 8.02. The smallest absolute Gasteiger partial charge is 0.317 e. The van der Waals surface area contributed by atoms with E-state index in [0.717, 1.165) is 37.7 Å². The number of hydrogen-bond acceptors (Lipinski definition) is 3. The predicted molar refractivity (Wildman–Crippen MR) is 99.4 cm³/mol. The van der Waals surface area contributed by atoms with Crippen LogP contribution < -0.4 is 5.32 Å². The molecule has 2 fully saturated rings. The molecule has 1 aliphatic carbocycles. The first-order valence-corrected chi connectivity index (χ1v) is 9.53. The Labute approximate surface area is 155 Å². The molecule has 0 unspecified atom stereocenters. The SMILES string of the molecule is CN(C)[C@@]1(c2cccc(F)c2)CCCNC(=O)N(CC2(O)CCC2)CC1. The summed E-state index contributed by atoms with van der Waals surface area (Å²) in [5, 5.41) is 13.5. The van der Waals surface area contributed by atoms with E-state index in [0.29, 0.717) is 26.1 Å². The van der Waals surface area contributed by atoms with E-state index in [1.807, 2.05) is 20.2 Å². The van der Waals surface area contributed by atoms with Gasteiger partial charge >= 0.3 is 6.03 Å². The standard InChI is InChI=1S/C20H30FN3O2/c1-23(2)20(16-6-3-7-17(21)14-16)10-5-12-22-18(25)24(13-11-20)15-19(26)8-4-9-19/h3,6-7,14,26H,4-5,8-13,15H2,1-2H3,(H,22,25)/t20-/m0/s1. The molecule has 0 bridgehead atoms. The van der Waals surface area contributed by atoms with Crippen molar-refractivity contribution in [2.75, 3.05) is 33.7 Å². The molecule has 3 rings (SSSR count). The Bertz CT molecular complexity index is 648. The first-order chi connectivity index (χ1) is 12.3. The molecule has 1 saturated heterocycles. The summed E-state index contributed by atoms with van der Waals surface area (Å²) in [6.45, 7) is 1.48. The van der Waals surface area contributed by atoms with Crippen LogP contribution in [0.5, 0.6) is 0 Å². The van der Waals surface area contributed by atoms with Crippen LogP contribution in [0, 0.1) is 5.82 Å². The van der Waals surface area contributed by atoms with E-state index in [1.54, 1.807) is 17.0 Å². The molecule has 1 atom stereocenters. The molecule has 0 spiro atoms. The van der Waals surface area contributed by atoms with Gasteiger partial charge < -0.3 is 15.3 Å². The predicted octanol–water partition coefficient (Wildman–Crippen LogP) is 2.69. The number of β-amino-alcohol motifs (C(OH)–C–C–N with tert-alkyl or cyclic N) is 1. The first-order valence-electron chi connectivity index (χ1n) is 9.53. The number of aliphatic hydroxyl groups is 1. The quantitative estimate of drug-likeness (QED) is 0.865. The average molecular weight is 363 g/mol. The summed E-state index contributed by atoms with van der Waals surface area (Å²) >= 11 is 0. The third kappa shape index (κ3) is 3.86. The van der Waals surface area contributed by atoms with E-state index in [-0.39, 0.29) is 17.4 Å². The highest BCUT2D eigenvalue weighted by molar-refractivity contribution is 5.74. The second-order valence-electron chi connectivity index (χ2n) is 8.02. The number of amides is 2. The minimum Gasteiger partial charge on any atom is -0.388 e. The lowest BCUT2D eigenvalue weighted by molar-refractivity contribution is -0.0525. The number of halogens is 1. The van der Waals surface area contributed by atoms with Crippen molar-refractivity contribution in [2.24, 2.45) is 0 Å². The molecule has 1 aromatic rings. The van der Waals surface area contributed by atoms with Crippen LogP contribution in [0.4, 0.5) is 9.18 Å². The molecule has 144 valence electrons. The van der Waals surface area contributed by atoms with Gasteiger partial charge in [-0.15, -0.1) is 0 Å². The number of benzene rings is 1. The normalized spacial score (nSPS) is 26.5. The molecule has 2 N–H and O–H groups in total. The molecule has 2 amide bonds. The van der Waals surface area contributed by atoms with Crippen LogP contribution in [0.3, 0.4) is 0 Å². The molecule has 1 saturated carbocycles. The second kappa shape index (κ2) is 7.53. The molecule has 1 heterocycles. The van der Waals surface area contributed by atoms with E-state index in [4.69, 9.17) is 0 Å². The number of urea groups is 1. The summed E-state index contributed by atoms with van der Waals surface area (Å²) in [6.07, 6.45) is 4.86. The molecule has 0 aromatic heterocycles. The Morgan fingerprint density at radius 2 is 2.00 bits per heavy atom. The van der Waals surface area contributed by atoms with Gasteiger partial charge in [0.1, 0.15) is 5.82 Å². The van der Waals surface area contributed by atoms with Crippen molar-refractivity contribution in [1.29, 1.82) is 0 Å². The van der Waals surface area contributed by atoms with Crippen LogP contribution in [0.25, 0.3) is 0 Å². The third-order valence-corrected chi connectivity index (χ3v) is 6.11. The Balaban J connectivity index is 1.87. The maximum Gasteiger partial charge on any atom is 0.317 e. The maximum atomic E-state index is 13.9. The zero-order chi connectivity index (χ0) is 18.8. The number of hydrogen-bond donors (Lipinski definition) is 2. The maximum absolute atomic E-state index is 13.9. The van der Waals surface area contributed by atoms with Crippen LogP contribution in [-0.4, -0.2) is 60.3 Å². The monoisotopic (exact) mass is 363 g/mol. The van der Waals surface area contributed by atoms with Crippen LogP contribution in [-0.2, 0) is 5.54 Å². The van der Waals surface area contributed by atoms with Crippen molar-refractivity contribution in [3.63, 3.8) is 0 Å². The molecule has 1 aliphatic heterocycles. The van der Waals surface area contributed by atoms with Gasteiger partial charge in [-0.3, -0.25) is 4.90 Å². The van der Waals surface area contributed by atoms with Crippen LogP contribution in [0.1, 0.15) is 44.1 Å². The summed E-state index contributed by atoms with van der Waals surface area (Å²) in [4.78, 5) is 16.4. The molecular weight excluding hydrogens is 333 g/mol. The van der Waals surface area contributed by atoms with E-state index in [1.165, 1.54) is 6.07 Å². The average Bonchev–Trinajstić information content (AvgIpc) is 2.65. The zero-order valence-corrected chi connectivity index (χ0v) is 15.8. The summed E-state index contributed by atoms with van der Waals surface area (Å²) in [5.41, 5.74) is -0.140. The highest BCUT2D eigenvalue weighted by atomic mass is 19.1. The highest BCUT2D eigenvalue weighted by Crippen LogP contribution is 2.37. The number of nitrogens with one attached hydrogen (secondary N) is 1. The van der Waals surface area contributed by atoms with Crippen molar-refractivity contribution < 1.29 is 14.3 Å². The lowest BCUT2D eigenvalue weighted by Crippen LogP contribution is -2.53. The number of rotatable bonds is 4. The third-order valence-electron chi connectivity index (χ3n) is 6.11. The summed E-state index contributed by atoms with van der Waals surface area (Å²) < 4.78 is 13.9. The lowest BCUT2D eigenvalue weighted by Gasteiger charge is -2.43. The Kier molecular flexibility index (Phi) is 5.53. The number of carbonyl (C=O) groups excluding carboxylic acids is 1. The Morgan fingerprint density at radius 1 is 1.23 bits per heavy atom. The number of nitrogens with zero attached hydrogens (tertiary/aromatic N) is 2. The minimum absolute atomic E-state index is 0.112.